The summed E-state index contributed by atoms with van der Waals surface area (Å²) in [5.41, 5.74) is 6.93. The van der Waals surface area contributed by atoms with E-state index in [0.717, 1.165) is 10.9 Å². The zero-order valence-electron chi connectivity index (χ0n) is 13.9. The summed E-state index contributed by atoms with van der Waals surface area (Å²) in [4.78, 5) is 4.55. The molecule has 0 saturated heterocycles. The lowest BCUT2D eigenvalue weighted by molar-refractivity contribution is 0.292. The number of sulfonamides is 1. The van der Waals surface area contributed by atoms with Crippen molar-refractivity contribution in [2.75, 3.05) is 20.1 Å². The maximum absolute atomic E-state index is 12.9. The fourth-order valence-corrected chi connectivity index (χ4v) is 3.89. The third-order valence-electron chi connectivity index (χ3n) is 3.70. The van der Waals surface area contributed by atoms with Gasteiger partial charge in [0.1, 0.15) is 4.90 Å². The fraction of sp³-hybridized carbons (Fsp3) is 0.438. The van der Waals surface area contributed by atoms with E-state index in [1.807, 2.05) is 32.9 Å². The third-order valence-corrected chi connectivity index (χ3v) is 5.54. The van der Waals surface area contributed by atoms with E-state index in [9.17, 15) is 8.42 Å². The molecule has 128 valence electrons. The summed E-state index contributed by atoms with van der Waals surface area (Å²) in [7, 11) is -2.02. The number of rotatable bonds is 5. The van der Waals surface area contributed by atoms with Gasteiger partial charge in [-0.25, -0.2) is 12.7 Å². The molecule has 0 aliphatic rings. The highest BCUT2D eigenvalue weighted by atomic mass is 35.5. The van der Waals surface area contributed by atoms with Crippen LogP contribution in [0.1, 0.15) is 19.4 Å². The van der Waals surface area contributed by atoms with Gasteiger partial charge in [-0.05, 0) is 36.6 Å². The molecule has 0 atom stereocenters. The topological polar surface area (TPSA) is 76.3 Å². The summed E-state index contributed by atoms with van der Waals surface area (Å²) in [5, 5.41) is 0.826. The van der Waals surface area contributed by atoms with Gasteiger partial charge in [0.2, 0.25) is 10.0 Å². The average molecular weight is 358 g/mol. The average Bonchev–Trinajstić information content (AvgIpc) is 2.45. The number of para-hydroxylation sites is 1. The first kappa shape index (κ1) is 19.8. The van der Waals surface area contributed by atoms with Crippen molar-refractivity contribution in [2.45, 2.75) is 25.7 Å². The minimum absolute atomic E-state index is 0. The van der Waals surface area contributed by atoms with Crippen LogP contribution in [-0.2, 0) is 10.0 Å². The highest BCUT2D eigenvalue weighted by Crippen LogP contribution is 2.26. The quantitative estimate of drug-likeness (QED) is 0.892. The lowest BCUT2D eigenvalue weighted by atomic mass is 9.94. The Hall–Kier alpha value is -1.21. The Labute approximate surface area is 144 Å². The Morgan fingerprint density at radius 2 is 1.96 bits per heavy atom. The summed E-state index contributed by atoms with van der Waals surface area (Å²) < 4.78 is 27.1. The van der Waals surface area contributed by atoms with Crippen LogP contribution in [-0.4, -0.2) is 37.8 Å². The number of halogens is 1. The van der Waals surface area contributed by atoms with Crippen molar-refractivity contribution in [1.82, 2.24) is 9.29 Å². The van der Waals surface area contributed by atoms with Crippen LogP contribution in [0.5, 0.6) is 0 Å². The van der Waals surface area contributed by atoms with Crippen LogP contribution in [0, 0.1) is 12.3 Å². The molecule has 2 rings (SSSR count). The van der Waals surface area contributed by atoms with E-state index in [1.165, 1.54) is 4.31 Å². The van der Waals surface area contributed by atoms with E-state index in [2.05, 4.69) is 4.98 Å². The SMILES string of the molecule is Cc1cnc2c(S(=O)(=O)N(C)CC(C)(C)CN)cccc2c1.Cl. The Balaban J connectivity index is 0.00000264. The fourth-order valence-electron chi connectivity index (χ4n) is 2.37. The molecule has 0 amide bonds. The molecule has 2 N–H and O–H groups in total. The summed E-state index contributed by atoms with van der Waals surface area (Å²) in [5.74, 6) is 0. The van der Waals surface area contributed by atoms with E-state index in [0.29, 0.717) is 18.6 Å². The standard InChI is InChI=1S/C16H23N3O2S.ClH/c1-12-8-13-6-5-7-14(15(13)18-9-12)22(20,21)19(4)11-16(2,3)10-17;/h5-9H,10-11,17H2,1-4H3;1H. The Bertz CT molecular complexity index is 791. The molecule has 1 aromatic heterocycles. The van der Waals surface area contributed by atoms with Gasteiger partial charge in [-0.2, -0.15) is 0 Å². The van der Waals surface area contributed by atoms with Crippen LogP contribution in [0.15, 0.2) is 35.4 Å². The first-order valence-electron chi connectivity index (χ1n) is 7.19. The third kappa shape index (κ3) is 4.20. The summed E-state index contributed by atoms with van der Waals surface area (Å²) in [6.07, 6.45) is 1.69. The van der Waals surface area contributed by atoms with Crippen LogP contribution in [0.4, 0.5) is 0 Å². The first-order chi connectivity index (χ1) is 10.2. The van der Waals surface area contributed by atoms with Crippen LogP contribution >= 0.6 is 12.4 Å². The van der Waals surface area contributed by atoms with Crippen molar-refractivity contribution in [3.63, 3.8) is 0 Å². The second kappa shape index (κ2) is 7.13. The highest BCUT2D eigenvalue weighted by molar-refractivity contribution is 7.89. The number of pyridine rings is 1. The van der Waals surface area contributed by atoms with Crippen LogP contribution in [0.2, 0.25) is 0 Å². The molecule has 0 aliphatic carbocycles. The number of aromatic nitrogens is 1. The van der Waals surface area contributed by atoms with Gasteiger partial charge >= 0.3 is 0 Å². The Morgan fingerprint density at radius 1 is 1.30 bits per heavy atom. The van der Waals surface area contributed by atoms with Gasteiger partial charge in [0, 0.05) is 25.2 Å². The maximum Gasteiger partial charge on any atom is 0.245 e. The normalized spacial score (nSPS) is 12.4. The molecule has 0 unspecified atom stereocenters. The molecule has 0 spiro atoms. The number of hydrogen-bond donors (Lipinski definition) is 1. The van der Waals surface area contributed by atoms with Crippen molar-refractivity contribution in [3.05, 3.63) is 36.0 Å². The number of nitrogens with zero attached hydrogens (tertiary/aromatic N) is 2. The molecule has 2 aromatic rings. The van der Waals surface area contributed by atoms with Gasteiger partial charge in [-0.1, -0.05) is 26.0 Å². The molecule has 0 saturated carbocycles. The smallest absolute Gasteiger partial charge is 0.245 e. The van der Waals surface area contributed by atoms with Crippen LogP contribution < -0.4 is 5.73 Å². The summed E-state index contributed by atoms with van der Waals surface area (Å²) in [6, 6.07) is 7.16. The van der Waals surface area contributed by atoms with E-state index < -0.39 is 10.0 Å². The molecule has 23 heavy (non-hydrogen) atoms. The Morgan fingerprint density at radius 3 is 2.57 bits per heavy atom. The zero-order valence-corrected chi connectivity index (χ0v) is 15.5. The van der Waals surface area contributed by atoms with Gasteiger partial charge in [0.25, 0.3) is 0 Å². The van der Waals surface area contributed by atoms with Gasteiger partial charge < -0.3 is 5.73 Å². The molecule has 0 radical (unpaired) electrons. The number of hydrogen-bond acceptors (Lipinski definition) is 4. The van der Waals surface area contributed by atoms with Gasteiger partial charge in [0.05, 0.1) is 5.52 Å². The second-order valence-corrected chi connectivity index (χ2v) is 8.48. The predicted molar refractivity (Wildman–Crippen MR) is 96.4 cm³/mol. The number of aryl methyl sites for hydroxylation is 1. The van der Waals surface area contributed by atoms with Gasteiger partial charge in [-0.15, -0.1) is 12.4 Å². The van der Waals surface area contributed by atoms with Crippen molar-refractivity contribution in [2.24, 2.45) is 11.1 Å². The zero-order chi connectivity index (χ0) is 16.5. The first-order valence-corrected chi connectivity index (χ1v) is 8.63. The van der Waals surface area contributed by atoms with E-state index >= 15 is 0 Å². The van der Waals surface area contributed by atoms with E-state index in [1.54, 1.807) is 25.4 Å². The van der Waals surface area contributed by atoms with Crippen molar-refractivity contribution < 1.29 is 8.42 Å². The van der Waals surface area contributed by atoms with Gasteiger partial charge in [-0.3, -0.25) is 4.98 Å². The van der Waals surface area contributed by atoms with Crippen LogP contribution in [0.25, 0.3) is 10.9 Å². The predicted octanol–water partition coefficient (Wildman–Crippen LogP) is 2.57. The summed E-state index contributed by atoms with van der Waals surface area (Å²) in [6.45, 7) is 6.60. The lowest BCUT2D eigenvalue weighted by Gasteiger charge is -2.28. The second-order valence-electron chi connectivity index (χ2n) is 6.47. The largest absolute Gasteiger partial charge is 0.330 e. The molecule has 0 fully saturated rings. The van der Waals surface area contributed by atoms with Crippen molar-refractivity contribution >= 4 is 33.3 Å². The molecular weight excluding hydrogens is 334 g/mol. The van der Waals surface area contributed by atoms with Gasteiger partial charge in [0.15, 0.2) is 0 Å². The van der Waals surface area contributed by atoms with Crippen molar-refractivity contribution in [1.29, 1.82) is 0 Å². The minimum Gasteiger partial charge on any atom is -0.330 e. The molecule has 5 nitrogen and oxygen atoms in total. The minimum atomic E-state index is -3.61. The number of nitrogens with two attached hydrogens (primary N) is 1. The van der Waals surface area contributed by atoms with E-state index in [4.69, 9.17) is 5.73 Å². The van der Waals surface area contributed by atoms with Crippen LogP contribution in [0.3, 0.4) is 0 Å². The molecule has 0 bridgehead atoms. The monoisotopic (exact) mass is 357 g/mol. The maximum atomic E-state index is 12.9. The molecule has 1 aromatic carbocycles. The highest BCUT2D eigenvalue weighted by Gasteiger charge is 2.28. The number of fused-ring (bicyclic) bond motifs is 1. The molecule has 1 heterocycles. The van der Waals surface area contributed by atoms with E-state index in [-0.39, 0.29) is 22.7 Å². The lowest BCUT2D eigenvalue weighted by Crippen LogP contribution is -2.39. The summed E-state index contributed by atoms with van der Waals surface area (Å²) >= 11 is 0. The number of benzene rings is 1. The molecular formula is C16H24ClN3O2S. The Kier molecular flexibility index (Phi) is 6.15. The molecule has 7 heteroatoms. The van der Waals surface area contributed by atoms with Crippen molar-refractivity contribution in [3.8, 4) is 0 Å². The molecule has 0 aliphatic heterocycles.